The topological polar surface area (TPSA) is 253 Å². The van der Waals surface area contributed by atoms with Crippen molar-refractivity contribution in [3.8, 4) is 16.9 Å². The van der Waals surface area contributed by atoms with Gasteiger partial charge in [-0.15, -0.1) is 0 Å². The molecule has 1 fully saturated rings. The molecule has 8 aromatic carbocycles. The second kappa shape index (κ2) is 37.6. The van der Waals surface area contributed by atoms with Crippen LogP contribution < -0.4 is 50.6 Å². The summed E-state index contributed by atoms with van der Waals surface area (Å²) >= 11 is 0. The Balaban J connectivity index is 0.000000574. The van der Waals surface area contributed by atoms with Gasteiger partial charge in [-0.3, -0.25) is 0 Å². The minimum Gasteiger partial charge on any atom is -0.489 e. The van der Waals surface area contributed by atoms with Gasteiger partial charge >= 0.3 is 5.97 Å². The average molecular weight is 1160 g/mol. The molecule has 12 nitrogen and oxygen atoms in total. The largest absolute Gasteiger partial charge is 0.489 e. The van der Waals surface area contributed by atoms with E-state index in [-0.39, 0.29) is 43.7 Å². The molecule has 85 heavy (non-hydrogen) atoms. The van der Waals surface area contributed by atoms with E-state index in [1.807, 2.05) is 48.5 Å². The van der Waals surface area contributed by atoms with E-state index in [4.69, 9.17) is 60.1 Å². The summed E-state index contributed by atoms with van der Waals surface area (Å²) in [6, 6.07) is 53.8. The number of hydrogen-bond donors (Lipinski definition) is 8. The van der Waals surface area contributed by atoms with Crippen LogP contribution >= 0.6 is 0 Å². The molecule has 0 bridgehead atoms. The third-order valence-electron chi connectivity index (χ3n) is 14.1. The fourth-order valence-corrected chi connectivity index (χ4v) is 9.60. The van der Waals surface area contributed by atoms with Crippen LogP contribution in [-0.4, -0.2) is 12.1 Å². The first-order valence-corrected chi connectivity index (χ1v) is 27.9. The molecule has 0 unspecified atom stereocenters. The van der Waals surface area contributed by atoms with Gasteiger partial charge in [-0.05, 0) is 204 Å². The number of esters is 1. The molecular formula is C73H104N8O4. The molecule has 0 heterocycles. The third kappa shape index (κ3) is 24.3. The van der Waals surface area contributed by atoms with Gasteiger partial charge in [0, 0.05) is 45.5 Å². The molecular weight excluding hydrogens is 1050 g/mol. The summed E-state index contributed by atoms with van der Waals surface area (Å²) in [6.45, 7) is 11.9. The quantitative estimate of drug-likeness (QED) is 0.0332. The van der Waals surface area contributed by atoms with Crippen LogP contribution in [0.4, 0.5) is 45.5 Å². The monoisotopic (exact) mass is 1160 g/mol. The number of nitrogens with two attached hydrogens (primary N) is 8. The standard InChI is InChI=1S/C21H28N2O.C21H22N2O.C18H22N2O2.C8H12N2.5CH4/c2*1-2-15-3-5-17(6-4-15)18-7-9-21(10-8-18)24-14-16-11-19(22)13-20(23)12-16;1-3-12-5-13(4-2)7-14(6-12)11-22-18(21)15-8-16(19)10-17(20)9-15;1-2-6-3-4-7(9)5-8(6)10;;;;;/h3-6,11-13,18,21H,2,7-10,14,22-23H2,1H3;3-13H,2,14,22-23H2,1H3;5-10H,3-4,11,19-20H2,1-2H3;3-5H,2,9-10H2,1H3;5*1H4. The molecule has 1 aliphatic carbocycles. The second-order valence-electron chi connectivity index (χ2n) is 20.4. The SMILES string of the molecule is C.C.C.C.C.CCc1cc(CC)cc(COC(=O)c2cc(N)cc(N)c2)c1.CCc1ccc(-c2ccc(OCc3cc(N)cc(N)c3)cc2)cc1.CCc1ccc(C2CCC(OCc3cc(N)cc(N)c3)CC2)cc1.CCc1ccc(N)cc1N. The van der Waals surface area contributed by atoms with Crippen molar-refractivity contribution < 1.29 is 19.0 Å². The molecule has 0 amide bonds. The number of rotatable bonds is 16. The minimum atomic E-state index is -0.418. The summed E-state index contributed by atoms with van der Waals surface area (Å²) in [6.07, 6.45) is 10.0. The molecule has 8 aromatic rings. The molecule has 1 aliphatic rings. The van der Waals surface area contributed by atoms with Crippen LogP contribution in [0, 0.1) is 0 Å². The number of carbonyl (C=O) groups is 1. The Morgan fingerprint density at radius 1 is 0.388 bits per heavy atom. The predicted molar refractivity (Wildman–Crippen MR) is 370 cm³/mol. The molecule has 12 heteroatoms. The van der Waals surface area contributed by atoms with Gasteiger partial charge in [-0.25, -0.2) is 4.79 Å². The molecule has 0 spiro atoms. The fourth-order valence-electron chi connectivity index (χ4n) is 9.60. The fraction of sp³-hybridized carbons (Fsp3) is 0.329. The Morgan fingerprint density at radius 3 is 1.25 bits per heavy atom. The van der Waals surface area contributed by atoms with Crippen LogP contribution in [0.2, 0.25) is 0 Å². The lowest BCUT2D eigenvalue weighted by atomic mass is 9.82. The number of anilines is 8. The zero-order valence-corrected chi connectivity index (χ0v) is 47.5. The number of nitrogen functional groups attached to an aromatic ring is 8. The van der Waals surface area contributed by atoms with Gasteiger partial charge in [-0.2, -0.15) is 0 Å². The Bertz CT molecular complexity index is 3130. The number of aryl methyl sites for hydroxylation is 5. The van der Waals surface area contributed by atoms with E-state index in [2.05, 4.69) is 113 Å². The van der Waals surface area contributed by atoms with E-state index >= 15 is 0 Å². The normalized spacial score (nSPS) is 12.7. The maximum Gasteiger partial charge on any atom is 0.338 e. The summed E-state index contributed by atoms with van der Waals surface area (Å²) in [5.41, 5.74) is 64.6. The highest BCUT2D eigenvalue weighted by Crippen LogP contribution is 2.35. The first-order chi connectivity index (χ1) is 38.5. The van der Waals surface area contributed by atoms with Gasteiger partial charge in [0.25, 0.3) is 0 Å². The zero-order valence-electron chi connectivity index (χ0n) is 47.5. The van der Waals surface area contributed by atoms with Gasteiger partial charge in [0.1, 0.15) is 19.0 Å². The van der Waals surface area contributed by atoms with Gasteiger partial charge < -0.3 is 60.1 Å². The predicted octanol–water partition coefficient (Wildman–Crippen LogP) is 17.2. The van der Waals surface area contributed by atoms with E-state index in [9.17, 15) is 4.79 Å². The summed E-state index contributed by atoms with van der Waals surface area (Å²) in [5, 5.41) is 0. The van der Waals surface area contributed by atoms with Crippen molar-refractivity contribution in [2.75, 3.05) is 45.9 Å². The van der Waals surface area contributed by atoms with Gasteiger partial charge in [0.15, 0.2) is 0 Å². The number of benzene rings is 8. The molecule has 0 radical (unpaired) electrons. The average Bonchev–Trinajstić information content (AvgIpc) is 3.47. The van der Waals surface area contributed by atoms with Crippen LogP contribution in [0.1, 0.15) is 164 Å². The number of carbonyl (C=O) groups excluding carboxylic acids is 1. The van der Waals surface area contributed by atoms with E-state index in [1.165, 1.54) is 51.8 Å². The number of hydrogen-bond acceptors (Lipinski definition) is 12. The minimum absolute atomic E-state index is 0. The lowest BCUT2D eigenvalue weighted by Crippen LogP contribution is -2.20. The molecule has 0 aromatic heterocycles. The molecule has 460 valence electrons. The van der Waals surface area contributed by atoms with E-state index in [0.717, 1.165) is 84.3 Å². The highest BCUT2D eigenvalue weighted by molar-refractivity contribution is 5.91. The first-order valence-electron chi connectivity index (χ1n) is 27.9. The van der Waals surface area contributed by atoms with Crippen LogP contribution in [-0.2, 0) is 61.4 Å². The van der Waals surface area contributed by atoms with Crippen molar-refractivity contribution >= 4 is 51.5 Å². The Labute approximate surface area is 511 Å². The third-order valence-corrected chi connectivity index (χ3v) is 14.1. The summed E-state index contributed by atoms with van der Waals surface area (Å²) in [4.78, 5) is 12.1. The van der Waals surface area contributed by atoms with E-state index in [1.54, 1.807) is 36.4 Å². The summed E-state index contributed by atoms with van der Waals surface area (Å²) in [7, 11) is 0. The van der Waals surface area contributed by atoms with Crippen molar-refractivity contribution in [3.63, 3.8) is 0 Å². The molecule has 16 N–H and O–H groups in total. The van der Waals surface area contributed by atoms with E-state index < -0.39 is 5.97 Å². The zero-order chi connectivity index (χ0) is 57.6. The van der Waals surface area contributed by atoms with Crippen molar-refractivity contribution in [2.45, 2.75) is 161 Å². The Hall–Kier alpha value is -8.61. The highest BCUT2D eigenvalue weighted by Gasteiger charge is 2.23. The van der Waals surface area contributed by atoms with Gasteiger partial charge in [0.05, 0.1) is 18.3 Å². The molecule has 0 aliphatic heterocycles. The summed E-state index contributed by atoms with van der Waals surface area (Å²) < 4.78 is 17.3. The highest BCUT2D eigenvalue weighted by atomic mass is 16.5. The van der Waals surface area contributed by atoms with Crippen molar-refractivity contribution in [1.82, 2.24) is 0 Å². The van der Waals surface area contributed by atoms with E-state index in [0.29, 0.717) is 64.9 Å². The van der Waals surface area contributed by atoms with Gasteiger partial charge in [0.2, 0.25) is 0 Å². The van der Waals surface area contributed by atoms with Crippen molar-refractivity contribution in [2.24, 2.45) is 0 Å². The first kappa shape index (κ1) is 74.4. The lowest BCUT2D eigenvalue weighted by Gasteiger charge is -2.29. The summed E-state index contributed by atoms with van der Waals surface area (Å²) in [5.74, 6) is 1.09. The van der Waals surface area contributed by atoms with Crippen LogP contribution in [0.3, 0.4) is 0 Å². The van der Waals surface area contributed by atoms with Crippen molar-refractivity contribution in [1.29, 1.82) is 0 Å². The lowest BCUT2D eigenvalue weighted by molar-refractivity contribution is 0.0133. The maximum atomic E-state index is 12.1. The van der Waals surface area contributed by atoms with Crippen LogP contribution in [0.5, 0.6) is 5.75 Å². The molecule has 0 saturated heterocycles. The molecule has 1 saturated carbocycles. The Morgan fingerprint density at radius 2 is 0.800 bits per heavy atom. The van der Waals surface area contributed by atoms with Crippen molar-refractivity contribution in [3.05, 3.63) is 219 Å². The van der Waals surface area contributed by atoms with Crippen LogP contribution in [0.15, 0.2) is 164 Å². The molecule has 9 rings (SSSR count). The smallest absolute Gasteiger partial charge is 0.338 e. The van der Waals surface area contributed by atoms with Crippen LogP contribution in [0.25, 0.3) is 11.1 Å². The Kier molecular flexibility index (Phi) is 32.9. The van der Waals surface area contributed by atoms with Gasteiger partial charge in [-0.1, -0.05) is 157 Å². The maximum absolute atomic E-state index is 12.1. The molecule has 0 atom stereocenters. The second-order valence-corrected chi connectivity index (χ2v) is 20.4. The number of ether oxygens (including phenoxy) is 3.